The van der Waals surface area contributed by atoms with E-state index >= 15 is 0 Å². The Morgan fingerprint density at radius 2 is 1.67 bits per heavy atom. The second-order valence-electron chi connectivity index (χ2n) is 8.05. The van der Waals surface area contributed by atoms with Gasteiger partial charge in [0.15, 0.2) is 11.9 Å². The molecule has 0 fully saturated rings. The number of Topliss-reactive ketones (excluding diaryl/α,β-unsaturated/α-hetero) is 1. The quantitative estimate of drug-likeness (QED) is 0.574. The molecule has 8 heteroatoms. The molecule has 0 saturated carbocycles. The number of ether oxygens (including phenoxy) is 1. The molecular weight excluding hydrogens is 440 g/mol. The monoisotopic (exact) mass is 464 g/mol. The first-order valence-electron chi connectivity index (χ1n) is 10.4. The average Bonchev–Trinajstić information content (AvgIpc) is 2.78. The van der Waals surface area contributed by atoms with Gasteiger partial charge in [0, 0.05) is 11.3 Å². The second kappa shape index (κ2) is 8.71. The predicted octanol–water partition coefficient (Wildman–Crippen LogP) is 4.10. The van der Waals surface area contributed by atoms with Crippen LogP contribution >= 0.6 is 0 Å². The lowest BCUT2D eigenvalue weighted by Gasteiger charge is -2.35. The van der Waals surface area contributed by atoms with Crippen molar-refractivity contribution < 1.29 is 22.7 Å². The summed E-state index contributed by atoms with van der Waals surface area (Å²) < 4.78 is 34.2. The fourth-order valence-corrected chi connectivity index (χ4v) is 5.07. The van der Waals surface area contributed by atoms with E-state index in [-0.39, 0.29) is 17.2 Å². The Balaban J connectivity index is 1.68. The third-order valence-electron chi connectivity index (χ3n) is 5.42. The lowest BCUT2D eigenvalue weighted by atomic mass is 10.1. The van der Waals surface area contributed by atoms with E-state index in [4.69, 9.17) is 4.74 Å². The number of rotatable bonds is 5. The van der Waals surface area contributed by atoms with E-state index in [0.29, 0.717) is 22.7 Å². The second-order valence-corrected chi connectivity index (χ2v) is 9.92. The molecule has 3 aromatic carbocycles. The summed E-state index contributed by atoms with van der Waals surface area (Å²) in [5.74, 6) is -0.328. The van der Waals surface area contributed by atoms with E-state index in [1.54, 1.807) is 66.7 Å². The van der Waals surface area contributed by atoms with E-state index in [1.807, 2.05) is 13.8 Å². The number of ketones is 1. The summed E-state index contributed by atoms with van der Waals surface area (Å²) in [6.45, 7) is 4.99. The van der Waals surface area contributed by atoms with Crippen LogP contribution in [-0.4, -0.2) is 32.8 Å². The predicted molar refractivity (Wildman–Crippen MR) is 126 cm³/mol. The van der Waals surface area contributed by atoms with Gasteiger partial charge in [0.2, 0.25) is 0 Å². The van der Waals surface area contributed by atoms with E-state index in [0.717, 1.165) is 11.1 Å². The van der Waals surface area contributed by atoms with Crippen molar-refractivity contribution in [3.05, 3.63) is 83.4 Å². The molecule has 1 unspecified atom stereocenters. The maximum absolute atomic E-state index is 13.5. The Labute approximate surface area is 193 Å². The van der Waals surface area contributed by atoms with Crippen LogP contribution in [0.15, 0.2) is 71.6 Å². The van der Waals surface area contributed by atoms with Crippen molar-refractivity contribution in [3.8, 4) is 5.75 Å². The highest BCUT2D eigenvalue weighted by Gasteiger charge is 2.37. The molecule has 1 aliphatic rings. The number of anilines is 2. The third-order valence-corrected chi connectivity index (χ3v) is 7.22. The molecule has 1 heterocycles. The van der Waals surface area contributed by atoms with E-state index < -0.39 is 22.0 Å². The summed E-state index contributed by atoms with van der Waals surface area (Å²) in [4.78, 5) is 24.8. The molecule has 0 aromatic heterocycles. The zero-order valence-electron chi connectivity index (χ0n) is 18.5. The Morgan fingerprint density at radius 3 is 2.36 bits per heavy atom. The summed E-state index contributed by atoms with van der Waals surface area (Å²) in [7, 11) is -3.94. The molecule has 1 N–H and O–H groups in total. The molecule has 7 nitrogen and oxygen atoms in total. The SMILES string of the molecule is CC(=O)c1cccc(NC(=O)C2CN(S(=O)(=O)c3ccc(C)cc3)c3cc(C)ccc3O2)c1. The fraction of sp³-hybridized carbons (Fsp3) is 0.200. The van der Waals surface area contributed by atoms with E-state index in [1.165, 1.54) is 11.2 Å². The summed E-state index contributed by atoms with van der Waals surface area (Å²) in [6.07, 6.45) is -1.08. The molecule has 1 aliphatic heterocycles. The Morgan fingerprint density at radius 1 is 0.970 bits per heavy atom. The highest BCUT2D eigenvalue weighted by atomic mass is 32.2. The number of aryl methyl sites for hydroxylation is 2. The number of amides is 1. The van der Waals surface area contributed by atoms with Gasteiger partial charge in [0.1, 0.15) is 5.75 Å². The molecule has 0 aliphatic carbocycles. The molecule has 0 spiro atoms. The normalized spacial score (nSPS) is 15.4. The van der Waals surface area contributed by atoms with Crippen molar-refractivity contribution in [3.63, 3.8) is 0 Å². The van der Waals surface area contributed by atoms with Gasteiger partial charge in [0.05, 0.1) is 17.1 Å². The van der Waals surface area contributed by atoms with Crippen molar-refractivity contribution >= 4 is 33.1 Å². The number of carbonyl (C=O) groups excluding carboxylic acids is 2. The zero-order chi connectivity index (χ0) is 23.8. The van der Waals surface area contributed by atoms with Crippen LogP contribution < -0.4 is 14.4 Å². The average molecular weight is 465 g/mol. The van der Waals surface area contributed by atoms with Crippen LogP contribution in [0.3, 0.4) is 0 Å². The fourth-order valence-electron chi connectivity index (χ4n) is 3.60. The van der Waals surface area contributed by atoms with Crippen molar-refractivity contribution in [2.24, 2.45) is 0 Å². The molecule has 0 bridgehead atoms. The number of sulfonamides is 1. The van der Waals surface area contributed by atoms with Gasteiger partial charge >= 0.3 is 0 Å². The number of hydrogen-bond acceptors (Lipinski definition) is 5. The van der Waals surface area contributed by atoms with Gasteiger partial charge in [-0.2, -0.15) is 0 Å². The van der Waals surface area contributed by atoms with Crippen LogP contribution in [0.25, 0.3) is 0 Å². The van der Waals surface area contributed by atoms with Crippen molar-refractivity contribution in [2.75, 3.05) is 16.2 Å². The third kappa shape index (κ3) is 4.61. The Hall–Kier alpha value is -3.65. The topological polar surface area (TPSA) is 92.8 Å². The molecule has 4 rings (SSSR count). The van der Waals surface area contributed by atoms with Crippen LogP contribution in [0.2, 0.25) is 0 Å². The number of nitrogens with one attached hydrogen (secondary N) is 1. The maximum Gasteiger partial charge on any atom is 0.267 e. The van der Waals surface area contributed by atoms with Gasteiger partial charge < -0.3 is 10.1 Å². The minimum Gasteiger partial charge on any atom is -0.476 e. The van der Waals surface area contributed by atoms with Gasteiger partial charge in [-0.25, -0.2) is 8.42 Å². The molecule has 3 aromatic rings. The molecule has 1 atom stereocenters. The van der Waals surface area contributed by atoms with Gasteiger partial charge in [0.25, 0.3) is 15.9 Å². The first-order valence-corrected chi connectivity index (χ1v) is 11.9. The van der Waals surface area contributed by atoms with Gasteiger partial charge in [-0.05, 0) is 62.7 Å². The van der Waals surface area contributed by atoms with Gasteiger partial charge in [-0.3, -0.25) is 13.9 Å². The van der Waals surface area contributed by atoms with Crippen LogP contribution in [0.5, 0.6) is 5.75 Å². The molecule has 33 heavy (non-hydrogen) atoms. The lowest BCUT2D eigenvalue weighted by Crippen LogP contribution is -2.48. The van der Waals surface area contributed by atoms with Crippen molar-refractivity contribution in [1.82, 2.24) is 0 Å². The maximum atomic E-state index is 13.5. The smallest absolute Gasteiger partial charge is 0.267 e. The van der Waals surface area contributed by atoms with Gasteiger partial charge in [-0.15, -0.1) is 0 Å². The van der Waals surface area contributed by atoms with Crippen LogP contribution in [0.1, 0.15) is 28.4 Å². The molecule has 170 valence electrons. The summed E-state index contributed by atoms with van der Waals surface area (Å²) in [6, 6.07) is 18.3. The minimum atomic E-state index is -3.94. The van der Waals surface area contributed by atoms with Gasteiger partial charge in [-0.1, -0.05) is 35.9 Å². The standard InChI is InChI=1S/C25H24N2O5S/c1-16-7-10-21(11-8-16)33(30,31)27-15-24(32-23-12-9-17(2)13-22(23)27)25(29)26-20-6-4-5-19(14-20)18(3)28/h4-14,24H,15H2,1-3H3,(H,26,29). The van der Waals surface area contributed by atoms with Crippen molar-refractivity contribution in [2.45, 2.75) is 31.8 Å². The van der Waals surface area contributed by atoms with Crippen LogP contribution in [0, 0.1) is 13.8 Å². The van der Waals surface area contributed by atoms with E-state index in [9.17, 15) is 18.0 Å². The molecule has 1 amide bonds. The summed E-state index contributed by atoms with van der Waals surface area (Å²) in [5, 5.41) is 2.73. The lowest BCUT2D eigenvalue weighted by molar-refractivity contribution is -0.122. The van der Waals surface area contributed by atoms with Crippen LogP contribution in [-0.2, 0) is 14.8 Å². The van der Waals surface area contributed by atoms with E-state index in [2.05, 4.69) is 5.32 Å². The molecular formula is C25H24N2O5S. The number of nitrogens with zero attached hydrogens (tertiary/aromatic N) is 1. The number of fused-ring (bicyclic) bond motifs is 1. The number of carbonyl (C=O) groups is 2. The Bertz CT molecular complexity index is 1330. The first-order chi connectivity index (χ1) is 15.6. The molecule has 0 radical (unpaired) electrons. The first kappa shape index (κ1) is 22.5. The number of benzene rings is 3. The summed E-state index contributed by atoms with van der Waals surface area (Å²) >= 11 is 0. The Kier molecular flexibility index (Phi) is 5.95. The van der Waals surface area contributed by atoms with Crippen molar-refractivity contribution in [1.29, 1.82) is 0 Å². The minimum absolute atomic E-state index is 0.125. The summed E-state index contributed by atoms with van der Waals surface area (Å²) in [5.41, 5.74) is 3.08. The highest BCUT2D eigenvalue weighted by molar-refractivity contribution is 7.92. The zero-order valence-corrected chi connectivity index (χ0v) is 19.3. The van der Waals surface area contributed by atoms with Crippen LogP contribution in [0.4, 0.5) is 11.4 Å². The highest BCUT2D eigenvalue weighted by Crippen LogP contribution is 2.38. The number of hydrogen-bond donors (Lipinski definition) is 1. The molecule has 0 saturated heterocycles. The largest absolute Gasteiger partial charge is 0.476 e.